The van der Waals surface area contributed by atoms with Gasteiger partial charge in [0.25, 0.3) is 11.7 Å². The minimum absolute atomic E-state index is 0.0299. The van der Waals surface area contributed by atoms with Crippen LogP contribution < -0.4 is 9.47 Å². The van der Waals surface area contributed by atoms with Gasteiger partial charge >= 0.3 is 0 Å². The number of rotatable bonds is 6. The lowest BCUT2D eigenvalue weighted by Gasteiger charge is -2.25. The van der Waals surface area contributed by atoms with E-state index in [1.807, 2.05) is 13.0 Å². The zero-order valence-electron chi connectivity index (χ0n) is 18.3. The number of phenols is 1. The highest BCUT2D eigenvalue weighted by Crippen LogP contribution is 2.42. The summed E-state index contributed by atoms with van der Waals surface area (Å²) in [6, 6.07) is 9.26. The second kappa shape index (κ2) is 8.94. The van der Waals surface area contributed by atoms with E-state index >= 15 is 0 Å². The van der Waals surface area contributed by atoms with Gasteiger partial charge in [0.1, 0.15) is 11.5 Å². The third-order valence-electron chi connectivity index (χ3n) is 5.79. The number of Topliss-reactive ketones (excluding diaryl/α,β-unsaturated/α-hetero) is 1. The molecule has 1 amide bonds. The number of nitrogens with zero attached hydrogens (tertiary/aromatic N) is 1. The summed E-state index contributed by atoms with van der Waals surface area (Å²) in [5.74, 6) is -0.579. The Morgan fingerprint density at radius 2 is 2.00 bits per heavy atom. The maximum Gasteiger partial charge on any atom is 0.295 e. The molecule has 1 atom stereocenters. The predicted molar refractivity (Wildman–Crippen MR) is 119 cm³/mol. The molecule has 2 aliphatic rings. The molecule has 0 bridgehead atoms. The summed E-state index contributed by atoms with van der Waals surface area (Å²) in [5.41, 5.74) is 2.05. The highest BCUT2D eigenvalue weighted by Gasteiger charge is 2.46. The first-order valence-corrected chi connectivity index (χ1v) is 11.0. The van der Waals surface area contributed by atoms with Crippen LogP contribution in [0.25, 0.3) is 5.76 Å². The van der Waals surface area contributed by atoms with Crippen LogP contribution in [-0.2, 0) is 16.0 Å². The van der Waals surface area contributed by atoms with Crippen molar-refractivity contribution in [2.45, 2.75) is 39.2 Å². The van der Waals surface area contributed by atoms with Gasteiger partial charge in [-0.2, -0.15) is 0 Å². The Bertz CT molecular complexity index is 1090. The second-order valence-corrected chi connectivity index (χ2v) is 7.93. The molecule has 0 radical (unpaired) electrons. The number of aliphatic hydroxyl groups is 1. The Kier molecular flexibility index (Phi) is 6.08. The van der Waals surface area contributed by atoms with E-state index < -0.39 is 17.7 Å². The van der Waals surface area contributed by atoms with E-state index in [0.717, 1.165) is 24.2 Å². The number of carbonyl (C=O) groups is 2. The minimum Gasteiger partial charge on any atom is -0.507 e. The Balaban J connectivity index is 1.85. The average Bonchev–Trinajstić information content (AvgIpc) is 3.05. The number of likely N-dealkylation sites (tertiary alicyclic amines) is 1. The van der Waals surface area contributed by atoms with Gasteiger partial charge in [0.15, 0.2) is 11.5 Å². The normalized spacial score (nSPS) is 19.6. The van der Waals surface area contributed by atoms with Gasteiger partial charge in [-0.25, -0.2) is 0 Å². The standard InChI is InChI=1S/C25H27NO6/c1-3-11-26-22(16-7-9-18(27)20(14-16)31-4-2)21(24(29)25(26)30)23(28)17-8-10-19-15(13-17)6-5-12-32-19/h7-10,13-14,22,27-28H,3-6,11-12H2,1-2H3/b23-21+. The van der Waals surface area contributed by atoms with Crippen LogP contribution >= 0.6 is 0 Å². The van der Waals surface area contributed by atoms with Crippen molar-refractivity contribution in [3.05, 3.63) is 58.7 Å². The van der Waals surface area contributed by atoms with E-state index in [1.54, 1.807) is 31.2 Å². The van der Waals surface area contributed by atoms with E-state index in [9.17, 15) is 19.8 Å². The molecule has 0 aromatic heterocycles. The van der Waals surface area contributed by atoms with Crippen molar-refractivity contribution in [2.24, 2.45) is 0 Å². The predicted octanol–water partition coefficient (Wildman–Crippen LogP) is 3.95. The first-order chi connectivity index (χ1) is 15.5. The molecule has 1 fully saturated rings. The summed E-state index contributed by atoms with van der Waals surface area (Å²) in [6.07, 6.45) is 2.35. The first-order valence-electron chi connectivity index (χ1n) is 11.0. The molecule has 2 N–H and O–H groups in total. The van der Waals surface area contributed by atoms with Crippen molar-refractivity contribution in [3.63, 3.8) is 0 Å². The van der Waals surface area contributed by atoms with Crippen LogP contribution in [0.3, 0.4) is 0 Å². The van der Waals surface area contributed by atoms with E-state index in [0.29, 0.717) is 37.3 Å². The van der Waals surface area contributed by atoms with Crippen molar-refractivity contribution in [3.8, 4) is 17.2 Å². The lowest BCUT2D eigenvalue weighted by molar-refractivity contribution is -0.139. The maximum absolute atomic E-state index is 13.0. The highest BCUT2D eigenvalue weighted by molar-refractivity contribution is 6.46. The van der Waals surface area contributed by atoms with Crippen molar-refractivity contribution in [1.29, 1.82) is 0 Å². The van der Waals surface area contributed by atoms with Gasteiger partial charge in [-0.05, 0) is 67.6 Å². The number of amides is 1. The number of ketones is 1. The van der Waals surface area contributed by atoms with Gasteiger partial charge in [0, 0.05) is 12.1 Å². The Morgan fingerprint density at radius 1 is 1.19 bits per heavy atom. The third kappa shape index (κ3) is 3.79. The zero-order valence-corrected chi connectivity index (χ0v) is 18.3. The fourth-order valence-electron chi connectivity index (χ4n) is 4.33. The van der Waals surface area contributed by atoms with Crippen LogP contribution in [0.4, 0.5) is 0 Å². The van der Waals surface area contributed by atoms with Crippen LogP contribution in [-0.4, -0.2) is 46.6 Å². The fraction of sp³-hybridized carbons (Fsp3) is 0.360. The lowest BCUT2D eigenvalue weighted by Crippen LogP contribution is -2.30. The number of hydrogen-bond acceptors (Lipinski definition) is 6. The smallest absolute Gasteiger partial charge is 0.295 e. The number of phenolic OH excluding ortho intramolecular Hbond substituents is 1. The highest BCUT2D eigenvalue weighted by atomic mass is 16.5. The van der Waals surface area contributed by atoms with E-state index in [-0.39, 0.29) is 22.8 Å². The molecule has 2 heterocycles. The zero-order chi connectivity index (χ0) is 22.8. The monoisotopic (exact) mass is 437 g/mol. The molecule has 0 spiro atoms. The van der Waals surface area contributed by atoms with Gasteiger partial charge < -0.3 is 24.6 Å². The summed E-state index contributed by atoms with van der Waals surface area (Å²) in [4.78, 5) is 27.4. The average molecular weight is 437 g/mol. The largest absolute Gasteiger partial charge is 0.507 e. The van der Waals surface area contributed by atoms with Crippen molar-refractivity contribution in [1.82, 2.24) is 4.90 Å². The molecular weight excluding hydrogens is 410 g/mol. The third-order valence-corrected chi connectivity index (χ3v) is 5.79. The summed E-state index contributed by atoms with van der Waals surface area (Å²) < 4.78 is 11.1. The molecule has 32 heavy (non-hydrogen) atoms. The molecule has 168 valence electrons. The van der Waals surface area contributed by atoms with Crippen molar-refractivity contribution in [2.75, 3.05) is 19.8 Å². The topological polar surface area (TPSA) is 96.3 Å². The SMILES string of the molecule is CCCN1C(=O)C(=O)/C(=C(/O)c2ccc3c(c2)CCCO3)C1c1ccc(O)c(OCC)c1. The molecule has 7 nitrogen and oxygen atoms in total. The quantitative estimate of drug-likeness (QED) is 0.404. The molecule has 7 heteroatoms. The second-order valence-electron chi connectivity index (χ2n) is 7.93. The van der Waals surface area contributed by atoms with Gasteiger partial charge in [-0.15, -0.1) is 0 Å². The summed E-state index contributed by atoms with van der Waals surface area (Å²) in [5, 5.41) is 21.3. The van der Waals surface area contributed by atoms with E-state index in [4.69, 9.17) is 9.47 Å². The van der Waals surface area contributed by atoms with Crippen LogP contribution in [0.5, 0.6) is 17.2 Å². The Labute approximate surface area is 186 Å². The number of benzene rings is 2. The number of aliphatic hydroxyl groups excluding tert-OH is 1. The van der Waals surface area contributed by atoms with Crippen molar-refractivity contribution < 1.29 is 29.3 Å². The van der Waals surface area contributed by atoms with Gasteiger partial charge in [-0.1, -0.05) is 13.0 Å². The fourth-order valence-corrected chi connectivity index (χ4v) is 4.33. The molecule has 2 aliphatic heterocycles. The summed E-state index contributed by atoms with van der Waals surface area (Å²) in [7, 11) is 0. The number of aryl methyl sites for hydroxylation is 1. The number of ether oxygens (including phenoxy) is 2. The van der Waals surface area contributed by atoms with Crippen LogP contribution in [0.1, 0.15) is 49.4 Å². The number of carbonyl (C=O) groups excluding carboxylic acids is 2. The molecule has 0 aliphatic carbocycles. The molecule has 0 saturated carbocycles. The van der Waals surface area contributed by atoms with Crippen LogP contribution in [0.15, 0.2) is 42.0 Å². The van der Waals surface area contributed by atoms with Gasteiger partial charge in [0.05, 0.1) is 24.8 Å². The lowest BCUT2D eigenvalue weighted by atomic mass is 9.93. The molecule has 1 unspecified atom stereocenters. The molecule has 2 aromatic rings. The number of fused-ring (bicyclic) bond motifs is 1. The van der Waals surface area contributed by atoms with Gasteiger partial charge in [-0.3, -0.25) is 9.59 Å². The Hall–Kier alpha value is -3.48. The van der Waals surface area contributed by atoms with Crippen LogP contribution in [0, 0.1) is 0 Å². The minimum atomic E-state index is -0.776. The molecule has 2 aromatic carbocycles. The number of aromatic hydroxyl groups is 1. The molecule has 4 rings (SSSR count). The van der Waals surface area contributed by atoms with Gasteiger partial charge in [0.2, 0.25) is 0 Å². The Morgan fingerprint density at radius 3 is 2.75 bits per heavy atom. The summed E-state index contributed by atoms with van der Waals surface area (Å²) >= 11 is 0. The van der Waals surface area contributed by atoms with Crippen LogP contribution in [0.2, 0.25) is 0 Å². The molecule has 1 saturated heterocycles. The van der Waals surface area contributed by atoms with E-state index in [2.05, 4.69) is 0 Å². The van der Waals surface area contributed by atoms with Crippen molar-refractivity contribution >= 4 is 17.4 Å². The number of hydrogen-bond donors (Lipinski definition) is 2. The maximum atomic E-state index is 13.0. The molecular formula is C25H27NO6. The first kappa shape index (κ1) is 21.7. The summed E-state index contributed by atoms with van der Waals surface area (Å²) in [6.45, 7) is 5.08. The van der Waals surface area contributed by atoms with E-state index in [1.165, 1.54) is 11.0 Å².